The van der Waals surface area contributed by atoms with Gasteiger partial charge in [0, 0.05) is 10.6 Å². The topological polar surface area (TPSA) is 33.5 Å². The van der Waals surface area contributed by atoms with Crippen molar-refractivity contribution in [1.82, 2.24) is 0 Å². The Labute approximate surface area is 119 Å². The molecule has 0 bridgehead atoms. The zero-order chi connectivity index (χ0) is 13.7. The van der Waals surface area contributed by atoms with Crippen molar-refractivity contribution < 1.29 is 9.69 Å². The first-order valence-electron chi connectivity index (χ1n) is 6.95. The first-order chi connectivity index (χ1) is 9.17. The zero-order valence-electron chi connectivity index (χ0n) is 11.7. The summed E-state index contributed by atoms with van der Waals surface area (Å²) in [6.07, 6.45) is 4.52. The highest BCUT2D eigenvalue weighted by molar-refractivity contribution is 7.98. The summed E-state index contributed by atoms with van der Waals surface area (Å²) in [5.41, 5.74) is 0.904. The average molecular weight is 279 g/mol. The number of amides is 1. The molecule has 1 amide bonds. The van der Waals surface area contributed by atoms with Crippen LogP contribution in [-0.2, 0) is 4.79 Å². The van der Waals surface area contributed by atoms with Crippen LogP contribution in [0.3, 0.4) is 0 Å². The number of carbonyl (C=O) groups is 1. The van der Waals surface area contributed by atoms with E-state index in [1.54, 1.807) is 11.8 Å². The number of anilines is 1. The second-order valence-corrected chi connectivity index (χ2v) is 6.27. The fourth-order valence-corrected chi connectivity index (χ4v) is 2.94. The van der Waals surface area contributed by atoms with Crippen LogP contribution in [0.25, 0.3) is 0 Å². The van der Waals surface area contributed by atoms with Crippen LogP contribution >= 0.6 is 11.8 Å². The van der Waals surface area contributed by atoms with Gasteiger partial charge in [0.15, 0.2) is 6.54 Å². The number of thioether (sulfide) groups is 1. The van der Waals surface area contributed by atoms with E-state index in [-0.39, 0.29) is 5.91 Å². The fraction of sp³-hybridized carbons (Fsp3) is 0.533. The molecule has 0 unspecified atom stereocenters. The van der Waals surface area contributed by atoms with Crippen LogP contribution in [-0.4, -0.2) is 31.8 Å². The van der Waals surface area contributed by atoms with Gasteiger partial charge in [-0.3, -0.25) is 4.79 Å². The maximum Gasteiger partial charge on any atom is 0.279 e. The van der Waals surface area contributed by atoms with Gasteiger partial charge in [-0.15, -0.1) is 11.8 Å². The van der Waals surface area contributed by atoms with E-state index in [2.05, 4.69) is 18.3 Å². The standard InChI is InChI=1S/C15H22N2OS/c1-12-6-8-17(9-7-12)11-15(18)16-13-4-3-5-14(10-13)19-2/h3-5,10,12H,6-9,11H2,1-2H3,(H,16,18)/p+1. The van der Waals surface area contributed by atoms with Crippen molar-refractivity contribution in [2.45, 2.75) is 24.7 Å². The van der Waals surface area contributed by atoms with E-state index >= 15 is 0 Å². The van der Waals surface area contributed by atoms with Crippen LogP contribution in [0.5, 0.6) is 0 Å². The molecule has 4 heteroatoms. The number of benzene rings is 1. The smallest absolute Gasteiger partial charge is 0.279 e. The number of hydrogen-bond acceptors (Lipinski definition) is 2. The molecule has 1 aromatic rings. The predicted octanol–water partition coefficient (Wildman–Crippen LogP) is 1.66. The molecule has 0 radical (unpaired) electrons. The van der Waals surface area contributed by atoms with Gasteiger partial charge in [-0.1, -0.05) is 13.0 Å². The highest BCUT2D eigenvalue weighted by Gasteiger charge is 2.21. The number of hydrogen-bond donors (Lipinski definition) is 2. The molecule has 3 nitrogen and oxygen atoms in total. The molecule has 0 aliphatic carbocycles. The van der Waals surface area contributed by atoms with E-state index in [0.29, 0.717) is 6.54 Å². The summed E-state index contributed by atoms with van der Waals surface area (Å²) >= 11 is 1.69. The van der Waals surface area contributed by atoms with Gasteiger partial charge < -0.3 is 10.2 Å². The summed E-state index contributed by atoms with van der Waals surface area (Å²) in [5, 5.41) is 3.00. The third-order valence-electron chi connectivity index (χ3n) is 3.75. The molecule has 0 saturated carbocycles. The summed E-state index contributed by atoms with van der Waals surface area (Å²) in [4.78, 5) is 14.6. The van der Waals surface area contributed by atoms with Crippen LogP contribution in [0, 0.1) is 5.92 Å². The molecule has 0 aromatic heterocycles. The number of likely N-dealkylation sites (tertiary alicyclic amines) is 1. The van der Waals surface area contributed by atoms with Crippen LogP contribution in [0.2, 0.25) is 0 Å². The quantitative estimate of drug-likeness (QED) is 0.822. The normalized spacial score (nSPS) is 23.1. The lowest BCUT2D eigenvalue weighted by Gasteiger charge is -2.26. The minimum Gasteiger partial charge on any atom is -0.327 e. The number of rotatable bonds is 4. The summed E-state index contributed by atoms with van der Waals surface area (Å²) in [5.74, 6) is 0.952. The molecule has 2 N–H and O–H groups in total. The fourth-order valence-electron chi connectivity index (χ4n) is 2.48. The van der Waals surface area contributed by atoms with Crippen LogP contribution < -0.4 is 10.2 Å². The Morgan fingerprint density at radius 1 is 1.42 bits per heavy atom. The lowest BCUT2D eigenvalue weighted by Crippen LogP contribution is -3.14. The van der Waals surface area contributed by atoms with Gasteiger partial charge in [-0.2, -0.15) is 0 Å². The van der Waals surface area contributed by atoms with Gasteiger partial charge >= 0.3 is 0 Å². The molecule has 2 rings (SSSR count). The Kier molecular flexibility index (Phi) is 5.28. The maximum atomic E-state index is 12.0. The van der Waals surface area contributed by atoms with Crippen molar-refractivity contribution in [3.8, 4) is 0 Å². The van der Waals surface area contributed by atoms with E-state index in [1.165, 1.54) is 22.6 Å². The molecule has 19 heavy (non-hydrogen) atoms. The number of quaternary nitrogens is 1. The summed E-state index contributed by atoms with van der Waals surface area (Å²) in [7, 11) is 0. The monoisotopic (exact) mass is 279 g/mol. The van der Waals surface area contributed by atoms with Crippen molar-refractivity contribution in [3.63, 3.8) is 0 Å². The van der Waals surface area contributed by atoms with Gasteiger partial charge in [0.05, 0.1) is 13.1 Å². The van der Waals surface area contributed by atoms with Crippen molar-refractivity contribution in [2.24, 2.45) is 5.92 Å². The molecule has 1 aliphatic rings. The van der Waals surface area contributed by atoms with Gasteiger partial charge in [0.1, 0.15) is 0 Å². The Balaban J connectivity index is 1.83. The SMILES string of the molecule is CSc1cccc(NC(=O)C[NH+]2CCC(C)CC2)c1. The van der Waals surface area contributed by atoms with Crippen molar-refractivity contribution in [3.05, 3.63) is 24.3 Å². The van der Waals surface area contributed by atoms with Gasteiger partial charge in [-0.05, 0) is 43.2 Å². The van der Waals surface area contributed by atoms with Gasteiger partial charge in [0.25, 0.3) is 5.91 Å². The van der Waals surface area contributed by atoms with Crippen molar-refractivity contribution in [2.75, 3.05) is 31.2 Å². The molecular weight excluding hydrogens is 256 g/mol. The second kappa shape index (κ2) is 6.96. The lowest BCUT2D eigenvalue weighted by molar-refractivity contribution is -0.897. The van der Waals surface area contributed by atoms with Crippen molar-refractivity contribution >= 4 is 23.4 Å². The lowest BCUT2D eigenvalue weighted by atomic mass is 9.99. The van der Waals surface area contributed by atoms with Crippen molar-refractivity contribution in [1.29, 1.82) is 0 Å². The third kappa shape index (κ3) is 4.55. The molecule has 0 atom stereocenters. The molecule has 104 valence electrons. The Morgan fingerprint density at radius 2 is 2.16 bits per heavy atom. The minimum atomic E-state index is 0.128. The summed E-state index contributed by atoms with van der Waals surface area (Å²) < 4.78 is 0. The van der Waals surface area contributed by atoms with Gasteiger partial charge in [0.2, 0.25) is 0 Å². The molecular formula is C15H23N2OS+. The minimum absolute atomic E-state index is 0.128. The Morgan fingerprint density at radius 3 is 2.84 bits per heavy atom. The van der Waals surface area contributed by atoms with E-state index in [4.69, 9.17) is 0 Å². The van der Waals surface area contributed by atoms with Crippen LogP contribution in [0.1, 0.15) is 19.8 Å². The number of nitrogens with one attached hydrogen (secondary N) is 2. The van der Waals surface area contributed by atoms with E-state index in [9.17, 15) is 4.79 Å². The maximum absolute atomic E-state index is 12.0. The zero-order valence-corrected chi connectivity index (χ0v) is 12.6. The molecule has 1 saturated heterocycles. The van der Waals surface area contributed by atoms with Crippen LogP contribution in [0.4, 0.5) is 5.69 Å². The van der Waals surface area contributed by atoms with E-state index < -0.39 is 0 Å². The molecule has 1 heterocycles. The van der Waals surface area contributed by atoms with Crippen LogP contribution in [0.15, 0.2) is 29.2 Å². The predicted molar refractivity (Wildman–Crippen MR) is 80.8 cm³/mol. The highest BCUT2D eigenvalue weighted by Crippen LogP contribution is 2.18. The largest absolute Gasteiger partial charge is 0.327 e. The number of piperidine rings is 1. The summed E-state index contributed by atoms with van der Waals surface area (Å²) in [6.45, 7) is 5.14. The molecule has 1 fully saturated rings. The van der Waals surface area contributed by atoms with E-state index in [1.807, 2.05) is 24.5 Å². The Bertz CT molecular complexity index is 428. The molecule has 1 aromatic carbocycles. The average Bonchev–Trinajstić information content (AvgIpc) is 2.41. The third-order valence-corrected chi connectivity index (χ3v) is 4.47. The second-order valence-electron chi connectivity index (χ2n) is 5.39. The molecule has 0 spiro atoms. The van der Waals surface area contributed by atoms with E-state index in [0.717, 1.165) is 24.7 Å². The first-order valence-corrected chi connectivity index (χ1v) is 8.17. The van der Waals surface area contributed by atoms with Gasteiger partial charge in [-0.25, -0.2) is 0 Å². The number of carbonyl (C=O) groups excluding carboxylic acids is 1. The summed E-state index contributed by atoms with van der Waals surface area (Å²) in [6, 6.07) is 8.01. The Hall–Kier alpha value is -1.00. The highest BCUT2D eigenvalue weighted by atomic mass is 32.2. The first kappa shape index (κ1) is 14.4. The molecule has 1 aliphatic heterocycles.